The number of aryl methyl sites for hydroxylation is 2. The minimum absolute atomic E-state index is 0.0134. The van der Waals surface area contributed by atoms with Gasteiger partial charge in [-0.05, 0) is 31.5 Å². The van der Waals surface area contributed by atoms with Gasteiger partial charge in [0.25, 0.3) is 0 Å². The lowest BCUT2D eigenvalue weighted by atomic mass is 10.1. The van der Waals surface area contributed by atoms with Crippen molar-refractivity contribution in [1.29, 1.82) is 0 Å². The summed E-state index contributed by atoms with van der Waals surface area (Å²) in [6.07, 6.45) is 0.678. The van der Waals surface area contributed by atoms with Gasteiger partial charge in [0.05, 0.1) is 13.7 Å². The number of methoxy groups -OCH3 is 1. The molecule has 0 aliphatic heterocycles. The van der Waals surface area contributed by atoms with Crippen LogP contribution in [0.4, 0.5) is 0 Å². The Balaban J connectivity index is 2.23. The van der Waals surface area contributed by atoms with Crippen molar-refractivity contribution in [2.24, 2.45) is 0 Å². The minimum atomic E-state index is -0.0134. The monoisotopic (exact) mass is 258 g/mol. The maximum absolute atomic E-state index is 9.24. The highest BCUT2D eigenvalue weighted by Crippen LogP contribution is 2.15. The number of aromatic nitrogens is 2. The van der Waals surface area contributed by atoms with E-state index in [9.17, 15) is 5.11 Å². The van der Waals surface area contributed by atoms with E-state index in [-0.39, 0.29) is 6.61 Å². The predicted molar refractivity (Wildman–Crippen MR) is 73.2 cm³/mol. The van der Waals surface area contributed by atoms with E-state index < -0.39 is 0 Å². The molecule has 0 amide bonds. The lowest BCUT2D eigenvalue weighted by Gasteiger charge is -2.09. The number of nitrogens with zero attached hydrogens (tertiary/aromatic N) is 2. The summed E-state index contributed by atoms with van der Waals surface area (Å²) in [5.41, 5.74) is 3.65. The number of rotatable bonds is 4. The molecule has 0 bridgehead atoms. The van der Waals surface area contributed by atoms with Gasteiger partial charge in [0.2, 0.25) is 0 Å². The Kier molecular flexibility index (Phi) is 4.12. The van der Waals surface area contributed by atoms with Crippen LogP contribution < -0.4 is 4.74 Å². The fraction of sp³-hybridized carbons (Fsp3) is 0.333. The van der Waals surface area contributed by atoms with Crippen molar-refractivity contribution in [1.82, 2.24) is 9.97 Å². The summed E-state index contributed by atoms with van der Waals surface area (Å²) in [6.45, 7) is 3.79. The van der Waals surface area contributed by atoms with Gasteiger partial charge in [-0.1, -0.05) is 12.1 Å². The zero-order chi connectivity index (χ0) is 13.8. The van der Waals surface area contributed by atoms with Crippen LogP contribution in [-0.2, 0) is 13.0 Å². The van der Waals surface area contributed by atoms with Crippen molar-refractivity contribution >= 4 is 0 Å². The molecule has 19 heavy (non-hydrogen) atoms. The first-order valence-corrected chi connectivity index (χ1v) is 6.21. The molecule has 1 heterocycles. The second-order valence-corrected chi connectivity index (χ2v) is 4.47. The fourth-order valence-electron chi connectivity index (χ4n) is 2.04. The topological polar surface area (TPSA) is 55.2 Å². The number of hydrogen-bond acceptors (Lipinski definition) is 4. The van der Waals surface area contributed by atoms with Gasteiger partial charge in [0, 0.05) is 23.4 Å². The quantitative estimate of drug-likeness (QED) is 0.913. The van der Waals surface area contributed by atoms with Crippen LogP contribution in [0.3, 0.4) is 0 Å². The average Bonchev–Trinajstić information content (AvgIpc) is 2.39. The Morgan fingerprint density at radius 3 is 2.11 bits per heavy atom. The Bertz CT molecular complexity index is 542. The highest BCUT2D eigenvalue weighted by Gasteiger charge is 2.08. The Morgan fingerprint density at radius 1 is 1.05 bits per heavy atom. The number of aliphatic hydroxyl groups is 1. The van der Waals surface area contributed by atoms with Crippen LogP contribution in [0.25, 0.3) is 0 Å². The molecule has 0 atom stereocenters. The van der Waals surface area contributed by atoms with Gasteiger partial charge in [-0.2, -0.15) is 0 Å². The number of ether oxygens (including phenoxy) is 1. The van der Waals surface area contributed by atoms with Crippen molar-refractivity contribution in [3.63, 3.8) is 0 Å². The Hall–Kier alpha value is -1.94. The molecule has 0 unspecified atom stereocenters. The van der Waals surface area contributed by atoms with E-state index in [0.717, 1.165) is 34.1 Å². The molecule has 0 aliphatic carbocycles. The van der Waals surface area contributed by atoms with Crippen molar-refractivity contribution in [2.45, 2.75) is 26.9 Å². The first-order valence-electron chi connectivity index (χ1n) is 6.21. The van der Waals surface area contributed by atoms with Gasteiger partial charge in [-0.3, -0.25) is 0 Å². The molecule has 1 N–H and O–H groups in total. The van der Waals surface area contributed by atoms with Crippen LogP contribution in [0.5, 0.6) is 5.75 Å². The SMILES string of the molecule is COc1ccc(Cc2nc(C)c(CO)c(C)n2)cc1. The smallest absolute Gasteiger partial charge is 0.133 e. The van der Waals surface area contributed by atoms with Crippen molar-refractivity contribution in [2.75, 3.05) is 7.11 Å². The van der Waals surface area contributed by atoms with Crippen molar-refractivity contribution < 1.29 is 9.84 Å². The van der Waals surface area contributed by atoms with Gasteiger partial charge >= 0.3 is 0 Å². The Labute approximate surface area is 113 Å². The summed E-state index contributed by atoms with van der Waals surface area (Å²) in [5.74, 6) is 1.62. The van der Waals surface area contributed by atoms with Gasteiger partial charge in [-0.15, -0.1) is 0 Å². The third kappa shape index (κ3) is 3.09. The molecular formula is C15H18N2O2. The average molecular weight is 258 g/mol. The zero-order valence-electron chi connectivity index (χ0n) is 11.5. The standard InChI is InChI=1S/C15H18N2O2/c1-10-14(9-18)11(2)17-15(16-10)8-12-4-6-13(19-3)7-5-12/h4-7,18H,8-9H2,1-3H3. The van der Waals surface area contributed by atoms with Crippen LogP contribution in [0, 0.1) is 13.8 Å². The molecule has 2 rings (SSSR count). The summed E-state index contributed by atoms with van der Waals surface area (Å²) in [6, 6.07) is 7.87. The van der Waals surface area contributed by atoms with Crippen LogP contribution >= 0.6 is 0 Å². The van der Waals surface area contributed by atoms with Crippen LogP contribution in [0.15, 0.2) is 24.3 Å². The maximum Gasteiger partial charge on any atom is 0.133 e. The van der Waals surface area contributed by atoms with E-state index in [0.29, 0.717) is 6.42 Å². The first-order chi connectivity index (χ1) is 9.13. The summed E-state index contributed by atoms with van der Waals surface area (Å²) < 4.78 is 5.13. The van der Waals surface area contributed by atoms with E-state index in [2.05, 4.69) is 9.97 Å². The number of hydrogen-bond donors (Lipinski definition) is 1. The zero-order valence-corrected chi connectivity index (χ0v) is 11.5. The van der Waals surface area contributed by atoms with Gasteiger partial charge in [0.15, 0.2) is 0 Å². The molecule has 0 spiro atoms. The van der Waals surface area contributed by atoms with Gasteiger partial charge in [0.1, 0.15) is 11.6 Å². The van der Waals surface area contributed by atoms with E-state index >= 15 is 0 Å². The summed E-state index contributed by atoms with van der Waals surface area (Å²) in [7, 11) is 1.65. The molecule has 0 radical (unpaired) electrons. The van der Waals surface area contributed by atoms with Gasteiger partial charge in [-0.25, -0.2) is 9.97 Å². The second-order valence-electron chi connectivity index (χ2n) is 4.47. The third-order valence-electron chi connectivity index (χ3n) is 3.15. The molecule has 100 valence electrons. The molecular weight excluding hydrogens is 240 g/mol. The first kappa shape index (κ1) is 13.5. The molecule has 1 aromatic heterocycles. The highest BCUT2D eigenvalue weighted by molar-refractivity contribution is 5.30. The number of benzene rings is 1. The second kappa shape index (κ2) is 5.80. The summed E-state index contributed by atoms with van der Waals surface area (Å²) in [4.78, 5) is 8.88. The predicted octanol–water partition coefficient (Wildman–Crippen LogP) is 2.19. The molecule has 0 aliphatic rings. The lowest BCUT2D eigenvalue weighted by molar-refractivity contribution is 0.279. The largest absolute Gasteiger partial charge is 0.497 e. The summed E-state index contributed by atoms with van der Waals surface area (Å²) in [5, 5.41) is 9.24. The van der Waals surface area contributed by atoms with E-state index in [4.69, 9.17) is 4.74 Å². The molecule has 2 aromatic rings. The fourth-order valence-corrected chi connectivity index (χ4v) is 2.04. The van der Waals surface area contributed by atoms with Crippen LogP contribution in [0.1, 0.15) is 28.3 Å². The maximum atomic E-state index is 9.24. The highest BCUT2D eigenvalue weighted by atomic mass is 16.5. The molecule has 0 saturated heterocycles. The molecule has 0 fully saturated rings. The number of aliphatic hydroxyl groups excluding tert-OH is 1. The van der Waals surface area contributed by atoms with Gasteiger partial charge < -0.3 is 9.84 Å². The van der Waals surface area contributed by atoms with Crippen molar-refractivity contribution in [3.05, 3.63) is 52.6 Å². The Morgan fingerprint density at radius 2 is 1.63 bits per heavy atom. The normalized spacial score (nSPS) is 10.5. The third-order valence-corrected chi connectivity index (χ3v) is 3.15. The molecule has 0 saturated carbocycles. The molecule has 4 heteroatoms. The molecule has 1 aromatic carbocycles. The van der Waals surface area contributed by atoms with Crippen LogP contribution in [-0.4, -0.2) is 22.2 Å². The summed E-state index contributed by atoms with van der Waals surface area (Å²) >= 11 is 0. The van der Waals surface area contributed by atoms with E-state index in [1.54, 1.807) is 7.11 Å². The van der Waals surface area contributed by atoms with E-state index in [1.165, 1.54) is 0 Å². The van der Waals surface area contributed by atoms with E-state index in [1.807, 2.05) is 38.1 Å². The molecule has 4 nitrogen and oxygen atoms in total. The van der Waals surface area contributed by atoms with Crippen molar-refractivity contribution in [3.8, 4) is 5.75 Å². The minimum Gasteiger partial charge on any atom is -0.497 e. The lowest BCUT2D eigenvalue weighted by Crippen LogP contribution is -2.06. The van der Waals surface area contributed by atoms with Crippen LogP contribution in [0.2, 0.25) is 0 Å².